The van der Waals surface area contributed by atoms with Gasteiger partial charge in [0.15, 0.2) is 0 Å². The second-order valence-electron chi connectivity index (χ2n) is 11.6. The minimum atomic E-state index is -4.03. The van der Waals surface area contributed by atoms with Gasteiger partial charge in [0.25, 0.3) is 10.2 Å². The third kappa shape index (κ3) is 10.6. The molecule has 0 fully saturated rings. The summed E-state index contributed by atoms with van der Waals surface area (Å²) in [7, 11) is -7.94. The maximum atomic E-state index is 14.1. The van der Waals surface area contributed by atoms with Gasteiger partial charge in [0, 0.05) is 49.5 Å². The number of rotatable bonds is 15. The smallest absolute Gasteiger partial charge is 0.299 e. The summed E-state index contributed by atoms with van der Waals surface area (Å²) >= 11 is 6.30. The highest BCUT2D eigenvalue weighted by Gasteiger charge is 2.31. The van der Waals surface area contributed by atoms with E-state index in [1.807, 2.05) is 49.1 Å². The maximum Gasteiger partial charge on any atom is 0.299 e. The van der Waals surface area contributed by atoms with Gasteiger partial charge < -0.3 is 5.32 Å². The topological polar surface area (TPSA) is 147 Å². The summed E-state index contributed by atoms with van der Waals surface area (Å²) in [6.07, 6.45) is 3.75. The van der Waals surface area contributed by atoms with Gasteiger partial charge >= 0.3 is 0 Å². The third-order valence-corrected chi connectivity index (χ3v) is 10.3. The highest BCUT2D eigenvalue weighted by atomic mass is 35.5. The number of pyridine rings is 1. The molecule has 0 aliphatic rings. The van der Waals surface area contributed by atoms with E-state index in [0.717, 1.165) is 22.3 Å². The molecular formula is C31H42ClN5O6S2. The molecule has 0 saturated heterocycles. The van der Waals surface area contributed by atoms with E-state index in [1.165, 1.54) is 10.4 Å². The minimum absolute atomic E-state index is 0.0294. The quantitative estimate of drug-likeness (QED) is 0.154. The fourth-order valence-electron chi connectivity index (χ4n) is 4.53. The average Bonchev–Trinajstić information content (AvgIpc) is 2.97. The lowest BCUT2D eigenvalue weighted by Crippen LogP contribution is -2.43. The summed E-state index contributed by atoms with van der Waals surface area (Å²) in [4.78, 5) is 23.9. The van der Waals surface area contributed by atoms with Gasteiger partial charge in [-0.2, -0.15) is 17.4 Å². The molecule has 0 saturated carbocycles. The van der Waals surface area contributed by atoms with Crippen LogP contribution < -0.4 is 14.9 Å². The fourth-order valence-corrected chi connectivity index (χ4v) is 7.45. The van der Waals surface area contributed by atoms with Gasteiger partial charge in [0.2, 0.25) is 15.9 Å². The molecule has 0 bridgehead atoms. The molecule has 11 nitrogen and oxygen atoms in total. The molecule has 3 aromatic rings. The molecule has 1 unspecified atom stereocenters. The molecule has 3 rings (SSSR count). The van der Waals surface area contributed by atoms with Crippen molar-refractivity contribution in [2.45, 2.75) is 70.9 Å². The molecule has 0 aliphatic heterocycles. The highest BCUT2D eigenvalue weighted by molar-refractivity contribution is 7.89. The van der Waals surface area contributed by atoms with Crippen molar-refractivity contribution in [3.8, 4) is 11.1 Å². The van der Waals surface area contributed by atoms with Crippen LogP contribution in [-0.2, 0) is 29.9 Å². The molecule has 0 radical (unpaired) electrons. The van der Waals surface area contributed by atoms with Crippen LogP contribution in [-0.4, -0.2) is 57.3 Å². The summed E-state index contributed by atoms with van der Waals surface area (Å²) in [6, 6.07) is 13.8. The van der Waals surface area contributed by atoms with E-state index in [1.54, 1.807) is 52.2 Å². The molecule has 3 N–H and O–H groups in total. The van der Waals surface area contributed by atoms with Crippen LogP contribution in [0, 0.1) is 13.8 Å². The predicted molar refractivity (Wildman–Crippen MR) is 176 cm³/mol. The zero-order chi connectivity index (χ0) is 33.4. The van der Waals surface area contributed by atoms with Crippen molar-refractivity contribution < 1.29 is 26.5 Å². The third-order valence-electron chi connectivity index (χ3n) is 6.92. The van der Waals surface area contributed by atoms with E-state index in [-0.39, 0.29) is 43.3 Å². The van der Waals surface area contributed by atoms with Gasteiger partial charge in [-0.25, -0.2) is 8.42 Å². The second kappa shape index (κ2) is 15.6. The number of nitrogens with zero attached hydrogens (tertiary/aromatic N) is 2. The highest BCUT2D eigenvalue weighted by Crippen LogP contribution is 2.33. The van der Waals surface area contributed by atoms with Gasteiger partial charge in [-0.15, -0.1) is 0 Å². The predicted octanol–water partition coefficient (Wildman–Crippen LogP) is 4.82. The van der Waals surface area contributed by atoms with Crippen molar-refractivity contribution in [2.75, 3.05) is 19.6 Å². The van der Waals surface area contributed by atoms with Crippen LogP contribution in [0.1, 0.15) is 63.3 Å². The molecule has 1 amide bonds. The van der Waals surface area contributed by atoms with Crippen molar-refractivity contribution >= 4 is 37.7 Å². The van der Waals surface area contributed by atoms with E-state index in [2.05, 4.69) is 15.0 Å². The number of amides is 1. The first-order chi connectivity index (χ1) is 21.0. The van der Waals surface area contributed by atoms with E-state index in [4.69, 9.17) is 16.4 Å². The second-order valence-corrected chi connectivity index (χ2v) is 15.3. The monoisotopic (exact) mass is 679 g/mol. The summed E-state index contributed by atoms with van der Waals surface area (Å²) in [6.45, 7) is 10.6. The largest absolute Gasteiger partial charge is 0.355 e. The van der Waals surface area contributed by atoms with Crippen LogP contribution in [0.25, 0.3) is 11.1 Å². The van der Waals surface area contributed by atoms with Gasteiger partial charge in [-0.05, 0) is 100 Å². The minimum Gasteiger partial charge on any atom is -0.355 e. The molecule has 1 aromatic heterocycles. The van der Waals surface area contributed by atoms with E-state index < -0.39 is 31.9 Å². The van der Waals surface area contributed by atoms with Crippen molar-refractivity contribution in [1.29, 1.82) is 0 Å². The van der Waals surface area contributed by atoms with Crippen LogP contribution in [0.3, 0.4) is 0 Å². The summed E-state index contributed by atoms with van der Waals surface area (Å²) < 4.78 is 55.9. The Morgan fingerprint density at radius 2 is 1.76 bits per heavy atom. The number of carbonyl (C=O) groups excluding carboxylic acids is 1. The van der Waals surface area contributed by atoms with Gasteiger partial charge in [-0.3, -0.25) is 14.6 Å². The Morgan fingerprint density at radius 3 is 2.44 bits per heavy atom. The molecule has 0 spiro atoms. The van der Waals surface area contributed by atoms with Gasteiger partial charge in [-0.1, -0.05) is 40.8 Å². The Morgan fingerprint density at radius 1 is 1.04 bits per heavy atom. The van der Waals surface area contributed by atoms with Crippen LogP contribution >= 0.6 is 11.6 Å². The standard InChI is InChI=1S/C31H42ClN5O6S2/c1-22-21-33-16-15-27(22)26-11-7-10-25(20-26)24(3)37(44(39,40)29-13-8-12-28(32)23(29)2)19-9-14-30(38)34-17-18-35-45(41,42)36-43-31(4,5)6/h7-8,10-13,15-16,20-21,24,35-36H,9,14,17-19H2,1-6H3,(H,34,38). The molecule has 0 aliphatic carbocycles. The Bertz CT molecular complexity index is 1690. The Labute approximate surface area is 271 Å². The lowest BCUT2D eigenvalue weighted by Gasteiger charge is -2.30. The molecule has 14 heteroatoms. The number of nitrogens with one attached hydrogen (secondary N) is 3. The number of halogens is 1. The Hall–Kier alpha value is -2.91. The van der Waals surface area contributed by atoms with E-state index in [0.29, 0.717) is 10.6 Å². The molecule has 1 heterocycles. The number of sulfonamides is 1. The molecule has 45 heavy (non-hydrogen) atoms. The first-order valence-corrected chi connectivity index (χ1v) is 17.8. The van der Waals surface area contributed by atoms with Gasteiger partial charge in [0.05, 0.1) is 10.5 Å². The van der Waals surface area contributed by atoms with Crippen molar-refractivity contribution in [2.24, 2.45) is 0 Å². The molecule has 1 atom stereocenters. The summed E-state index contributed by atoms with van der Waals surface area (Å²) in [5, 5.41) is 3.00. The number of aryl methyl sites for hydroxylation is 1. The fraction of sp³-hybridized carbons (Fsp3) is 0.419. The zero-order valence-electron chi connectivity index (χ0n) is 26.4. The van der Waals surface area contributed by atoms with Crippen molar-refractivity contribution in [3.05, 3.63) is 82.6 Å². The van der Waals surface area contributed by atoms with Crippen molar-refractivity contribution in [3.63, 3.8) is 0 Å². The van der Waals surface area contributed by atoms with Crippen molar-refractivity contribution in [1.82, 2.24) is 24.2 Å². The van der Waals surface area contributed by atoms with Crippen LogP contribution in [0.5, 0.6) is 0 Å². The number of hydrogen-bond acceptors (Lipinski definition) is 7. The van der Waals surface area contributed by atoms with Crippen LogP contribution in [0.15, 0.2) is 65.8 Å². The normalized spacial score (nSPS) is 13.2. The van der Waals surface area contributed by atoms with Crippen LogP contribution in [0.4, 0.5) is 0 Å². The molecule has 2 aromatic carbocycles. The summed E-state index contributed by atoms with van der Waals surface area (Å²) in [5.74, 6) is -0.341. The number of benzene rings is 2. The maximum absolute atomic E-state index is 14.1. The van der Waals surface area contributed by atoms with Gasteiger partial charge in [0.1, 0.15) is 0 Å². The lowest BCUT2D eigenvalue weighted by atomic mass is 9.98. The Balaban J connectivity index is 1.73. The SMILES string of the molecule is Cc1cnccc1-c1cccc(C(C)N(CCCC(=O)NCCNS(=O)(=O)NOC(C)(C)C)S(=O)(=O)c2cccc(Cl)c2C)c1. The van der Waals surface area contributed by atoms with E-state index >= 15 is 0 Å². The number of hydrogen-bond donors (Lipinski definition) is 3. The van der Waals surface area contributed by atoms with Crippen LogP contribution in [0.2, 0.25) is 5.02 Å². The first kappa shape index (κ1) is 36.6. The average molecular weight is 680 g/mol. The number of carbonyl (C=O) groups is 1. The van der Waals surface area contributed by atoms with E-state index in [9.17, 15) is 21.6 Å². The Kier molecular flexibility index (Phi) is 12.7. The summed E-state index contributed by atoms with van der Waals surface area (Å²) in [5.41, 5.74) is 3.44. The molecule has 246 valence electrons. The first-order valence-electron chi connectivity index (χ1n) is 14.5. The molecular weight excluding hydrogens is 638 g/mol. The number of aromatic nitrogens is 1. The lowest BCUT2D eigenvalue weighted by molar-refractivity contribution is -0.121. The zero-order valence-corrected chi connectivity index (χ0v) is 28.8.